The fraction of sp³-hybridized carbons (Fsp3) is 0.238. The summed E-state index contributed by atoms with van der Waals surface area (Å²) in [5.74, 6) is 2.18. The first-order valence-corrected chi connectivity index (χ1v) is 8.77. The average Bonchev–Trinajstić information content (AvgIpc) is 3.25. The van der Waals surface area contributed by atoms with Crippen LogP contribution in [0, 0.1) is 6.92 Å². The minimum Gasteiger partial charge on any atom is -0.493 e. The fourth-order valence-electron chi connectivity index (χ4n) is 3.47. The number of para-hydroxylation sites is 1. The van der Waals surface area contributed by atoms with Gasteiger partial charge in [-0.25, -0.2) is 4.98 Å². The van der Waals surface area contributed by atoms with Gasteiger partial charge >= 0.3 is 0 Å². The van der Waals surface area contributed by atoms with Crippen LogP contribution in [0.2, 0.25) is 0 Å². The zero-order valence-corrected chi connectivity index (χ0v) is 15.9. The summed E-state index contributed by atoms with van der Waals surface area (Å²) in [5.41, 5.74) is 4.24. The van der Waals surface area contributed by atoms with Gasteiger partial charge in [-0.3, -0.25) is 4.68 Å². The van der Waals surface area contributed by atoms with Crippen molar-refractivity contribution >= 4 is 10.9 Å². The molecule has 0 atom stereocenters. The minimum absolute atomic E-state index is 0.622. The predicted molar refractivity (Wildman–Crippen MR) is 105 cm³/mol. The van der Waals surface area contributed by atoms with Gasteiger partial charge in [0.15, 0.2) is 11.5 Å². The van der Waals surface area contributed by atoms with E-state index in [0.29, 0.717) is 18.0 Å². The second-order valence-corrected chi connectivity index (χ2v) is 6.51. The minimum atomic E-state index is 0.622. The lowest BCUT2D eigenvalue weighted by molar-refractivity contribution is 0.356. The summed E-state index contributed by atoms with van der Waals surface area (Å²) in [6.07, 6.45) is 3.76. The first-order valence-electron chi connectivity index (χ1n) is 8.77. The van der Waals surface area contributed by atoms with Crippen LogP contribution in [0.3, 0.4) is 0 Å². The van der Waals surface area contributed by atoms with E-state index < -0.39 is 0 Å². The van der Waals surface area contributed by atoms with Gasteiger partial charge in [-0.05, 0) is 31.2 Å². The van der Waals surface area contributed by atoms with Crippen LogP contribution >= 0.6 is 0 Å². The van der Waals surface area contributed by atoms with E-state index in [9.17, 15) is 0 Å². The molecule has 0 aliphatic carbocycles. The highest BCUT2D eigenvalue weighted by Crippen LogP contribution is 2.37. The lowest BCUT2D eigenvalue weighted by Crippen LogP contribution is -2.04. The van der Waals surface area contributed by atoms with Crippen molar-refractivity contribution < 1.29 is 9.47 Å². The van der Waals surface area contributed by atoms with Crippen LogP contribution in [0.25, 0.3) is 22.3 Å². The third-order valence-electron chi connectivity index (χ3n) is 4.76. The largest absolute Gasteiger partial charge is 0.493 e. The zero-order chi connectivity index (χ0) is 19.0. The number of benzene rings is 2. The first kappa shape index (κ1) is 17.1. The van der Waals surface area contributed by atoms with Gasteiger partial charge in [0.25, 0.3) is 0 Å². The molecule has 0 spiro atoms. The molecule has 0 fully saturated rings. The average molecular weight is 362 g/mol. The maximum Gasteiger partial charge on any atom is 0.171 e. The lowest BCUT2D eigenvalue weighted by Gasteiger charge is -2.13. The van der Waals surface area contributed by atoms with Crippen molar-refractivity contribution in [1.82, 2.24) is 19.3 Å². The standard InChI is InChI=1S/C21H22N4O2/c1-14-8-9-18-16(12-14)17(23-24(18)2)13-25-11-10-22-21(25)15-6-5-7-19(26-3)20(15)27-4/h5-12H,13H2,1-4H3. The van der Waals surface area contributed by atoms with E-state index in [4.69, 9.17) is 14.6 Å². The quantitative estimate of drug-likeness (QED) is 0.542. The van der Waals surface area contributed by atoms with E-state index >= 15 is 0 Å². The third kappa shape index (κ3) is 2.93. The molecule has 2 heterocycles. The number of nitrogens with zero attached hydrogens (tertiary/aromatic N) is 4. The summed E-state index contributed by atoms with van der Waals surface area (Å²) in [4.78, 5) is 4.56. The van der Waals surface area contributed by atoms with Crippen molar-refractivity contribution in [1.29, 1.82) is 0 Å². The Morgan fingerprint density at radius 2 is 1.93 bits per heavy atom. The van der Waals surface area contributed by atoms with E-state index in [1.807, 2.05) is 36.1 Å². The van der Waals surface area contributed by atoms with Gasteiger partial charge in [-0.15, -0.1) is 0 Å². The number of methoxy groups -OCH3 is 2. The molecule has 4 rings (SSSR count). The van der Waals surface area contributed by atoms with Gasteiger partial charge in [-0.2, -0.15) is 5.10 Å². The highest BCUT2D eigenvalue weighted by molar-refractivity contribution is 5.82. The van der Waals surface area contributed by atoms with Crippen LogP contribution in [0.4, 0.5) is 0 Å². The third-order valence-corrected chi connectivity index (χ3v) is 4.76. The smallest absolute Gasteiger partial charge is 0.171 e. The van der Waals surface area contributed by atoms with Crippen LogP contribution in [0.5, 0.6) is 11.5 Å². The van der Waals surface area contributed by atoms with Gasteiger partial charge in [0.2, 0.25) is 0 Å². The number of imidazole rings is 1. The molecule has 0 bridgehead atoms. The fourth-order valence-corrected chi connectivity index (χ4v) is 3.47. The molecule has 2 aromatic carbocycles. The molecule has 0 aliphatic heterocycles. The molecule has 6 heteroatoms. The van der Waals surface area contributed by atoms with E-state index in [1.165, 1.54) is 5.56 Å². The van der Waals surface area contributed by atoms with Gasteiger partial charge in [0, 0.05) is 24.8 Å². The van der Waals surface area contributed by atoms with Crippen molar-refractivity contribution in [3.8, 4) is 22.9 Å². The molecular formula is C21H22N4O2. The molecule has 0 saturated carbocycles. The number of ether oxygens (including phenoxy) is 2. The number of hydrogen-bond acceptors (Lipinski definition) is 4. The number of aryl methyl sites for hydroxylation is 2. The molecule has 0 saturated heterocycles. The summed E-state index contributed by atoms with van der Waals surface area (Å²) in [5, 5.41) is 5.89. The van der Waals surface area contributed by atoms with E-state index in [1.54, 1.807) is 20.4 Å². The van der Waals surface area contributed by atoms with Crippen LogP contribution in [-0.4, -0.2) is 33.6 Å². The Kier molecular flexibility index (Phi) is 4.32. The summed E-state index contributed by atoms with van der Waals surface area (Å²) < 4.78 is 15.0. The highest BCUT2D eigenvalue weighted by Gasteiger charge is 2.17. The van der Waals surface area contributed by atoms with Gasteiger partial charge < -0.3 is 14.0 Å². The second-order valence-electron chi connectivity index (χ2n) is 6.51. The first-order chi connectivity index (χ1) is 13.1. The Bertz CT molecular complexity index is 1110. The Morgan fingerprint density at radius 1 is 1.07 bits per heavy atom. The predicted octanol–water partition coefficient (Wildman–Crippen LogP) is 3.81. The molecule has 0 aliphatic rings. The van der Waals surface area contributed by atoms with Crippen LogP contribution < -0.4 is 9.47 Å². The van der Waals surface area contributed by atoms with Crippen molar-refractivity contribution in [3.05, 3.63) is 60.0 Å². The maximum atomic E-state index is 5.59. The van der Waals surface area contributed by atoms with Gasteiger partial charge in [0.1, 0.15) is 5.82 Å². The normalized spacial score (nSPS) is 11.1. The lowest BCUT2D eigenvalue weighted by atomic mass is 10.1. The second kappa shape index (κ2) is 6.79. The van der Waals surface area contributed by atoms with E-state index in [2.05, 4.69) is 34.7 Å². The Morgan fingerprint density at radius 3 is 2.70 bits per heavy atom. The van der Waals surface area contributed by atoms with Gasteiger partial charge in [0.05, 0.1) is 37.5 Å². The Labute approximate surface area is 158 Å². The maximum absolute atomic E-state index is 5.59. The molecule has 27 heavy (non-hydrogen) atoms. The zero-order valence-electron chi connectivity index (χ0n) is 15.9. The summed E-state index contributed by atoms with van der Waals surface area (Å²) in [7, 11) is 5.25. The van der Waals surface area contributed by atoms with Crippen LogP contribution in [-0.2, 0) is 13.6 Å². The number of rotatable bonds is 5. The van der Waals surface area contributed by atoms with E-state index in [0.717, 1.165) is 28.0 Å². The molecule has 0 radical (unpaired) electrons. The number of hydrogen-bond donors (Lipinski definition) is 0. The van der Waals surface area contributed by atoms with Crippen molar-refractivity contribution in [2.24, 2.45) is 7.05 Å². The molecule has 0 amide bonds. The molecule has 4 aromatic rings. The van der Waals surface area contributed by atoms with Crippen LogP contribution in [0.15, 0.2) is 48.8 Å². The molecule has 0 unspecified atom stereocenters. The van der Waals surface area contributed by atoms with E-state index in [-0.39, 0.29) is 0 Å². The molecule has 6 nitrogen and oxygen atoms in total. The topological polar surface area (TPSA) is 54.1 Å². The summed E-state index contributed by atoms with van der Waals surface area (Å²) in [6, 6.07) is 12.2. The van der Waals surface area contributed by atoms with Gasteiger partial charge in [-0.1, -0.05) is 17.7 Å². The van der Waals surface area contributed by atoms with Crippen molar-refractivity contribution in [2.75, 3.05) is 14.2 Å². The number of fused-ring (bicyclic) bond motifs is 1. The number of aromatic nitrogens is 4. The molecule has 2 aromatic heterocycles. The monoisotopic (exact) mass is 362 g/mol. The molecule has 138 valence electrons. The Hall–Kier alpha value is -3.28. The van der Waals surface area contributed by atoms with Crippen molar-refractivity contribution in [3.63, 3.8) is 0 Å². The van der Waals surface area contributed by atoms with Crippen LogP contribution in [0.1, 0.15) is 11.3 Å². The molecular weight excluding hydrogens is 340 g/mol. The summed E-state index contributed by atoms with van der Waals surface area (Å²) >= 11 is 0. The molecule has 0 N–H and O–H groups in total. The Balaban J connectivity index is 1.80. The summed E-state index contributed by atoms with van der Waals surface area (Å²) in [6.45, 7) is 2.72. The highest BCUT2D eigenvalue weighted by atomic mass is 16.5. The SMILES string of the molecule is COc1cccc(-c2nccn2Cc2nn(C)c3ccc(C)cc23)c1OC. The van der Waals surface area contributed by atoms with Crippen molar-refractivity contribution in [2.45, 2.75) is 13.5 Å².